The number of hydrogen-bond acceptors (Lipinski definition) is 5. The second-order valence-corrected chi connectivity index (χ2v) is 8.32. The Balaban J connectivity index is 1.28. The van der Waals surface area contributed by atoms with E-state index >= 15 is 0 Å². The van der Waals surface area contributed by atoms with Gasteiger partial charge >= 0.3 is 0 Å². The Morgan fingerprint density at radius 1 is 1.03 bits per heavy atom. The quantitative estimate of drug-likeness (QED) is 0.496. The summed E-state index contributed by atoms with van der Waals surface area (Å²) in [5.74, 6) is 0.107. The van der Waals surface area contributed by atoms with Crippen LogP contribution in [0, 0.1) is 11.3 Å². The lowest BCUT2D eigenvalue weighted by Gasteiger charge is -2.27. The number of piperazine rings is 1. The molecule has 3 aromatic carbocycles. The van der Waals surface area contributed by atoms with Crippen molar-refractivity contribution in [1.29, 1.82) is 5.26 Å². The fourth-order valence-electron chi connectivity index (χ4n) is 4.35. The van der Waals surface area contributed by atoms with Gasteiger partial charge in [-0.2, -0.15) is 5.26 Å². The van der Waals surface area contributed by atoms with Gasteiger partial charge in [0.1, 0.15) is 0 Å². The Labute approximate surface area is 192 Å². The van der Waals surface area contributed by atoms with Gasteiger partial charge in [-0.15, -0.1) is 0 Å². The average Bonchev–Trinajstić information content (AvgIpc) is 2.88. The summed E-state index contributed by atoms with van der Waals surface area (Å²) in [6, 6.07) is 22.1. The highest BCUT2D eigenvalue weighted by Crippen LogP contribution is 2.23. The van der Waals surface area contributed by atoms with E-state index in [1.54, 1.807) is 12.3 Å². The van der Waals surface area contributed by atoms with Crippen molar-refractivity contribution in [3.05, 3.63) is 83.6 Å². The molecule has 1 saturated heterocycles. The number of nitrogens with one attached hydrogen (secondary N) is 2. The first-order valence-corrected chi connectivity index (χ1v) is 11.3. The molecule has 33 heavy (non-hydrogen) atoms. The van der Waals surface area contributed by atoms with Crippen LogP contribution in [0.5, 0.6) is 0 Å². The maximum Gasteiger partial charge on any atom is 0.253 e. The lowest BCUT2D eigenvalue weighted by molar-refractivity contribution is 0.0736. The second kappa shape index (κ2) is 9.27. The number of amides is 1. The Kier molecular flexibility index (Phi) is 5.88. The number of nitrogens with zero attached hydrogens (tertiary/aromatic N) is 3. The third-order valence-electron chi connectivity index (χ3n) is 6.16. The number of anilines is 1. The molecule has 1 aromatic heterocycles. The maximum absolute atomic E-state index is 12.8. The molecule has 2 N–H and O–H groups in total. The molecule has 4 aromatic rings. The van der Waals surface area contributed by atoms with Gasteiger partial charge in [-0.3, -0.25) is 9.78 Å². The van der Waals surface area contributed by atoms with Crippen LogP contribution in [0.4, 0.5) is 5.69 Å². The minimum absolute atomic E-state index is 0.107. The third kappa shape index (κ3) is 4.50. The van der Waals surface area contributed by atoms with Crippen molar-refractivity contribution < 1.29 is 4.79 Å². The summed E-state index contributed by atoms with van der Waals surface area (Å²) >= 11 is 0. The zero-order valence-corrected chi connectivity index (χ0v) is 18.3. The topological polar surface area (TPSA) is 81.0 Å². The molecule has 164 valence electrons. The van der Waals surface area contributed by atoms with E-state index in [-0.39, 0.29) is 5.91 Å². The van der Waals surface area contributed by atoms with Crippen LogP contribution in [0.1, 0.15) is 21.5 Å². The summed E-state index contributed by atoms with van der Waals surface area (Å²) in [7, 11) is 0. The minimum atomic E-state index is 0.107. The highest BCUT2D eigenvalue weighted by molar-refractivity contribution is 5.98. The number of rotatable bonds is 5. The standard InChI is InChI=1S/C27H25N5O/c28-18-20-2-6-25-24(16-20)26(8-10-31-25)30-9-7-19-1-3-22-17-23(5-4-21(22)15-19)27(33)32-13-11-29-12-14-32/h1-6,8,10,15-17,29H,7,9,11-14H2,(H,30,31). The molecule has 0 atom stereocenters. The first-order chi connectivity index (χ1) is 16.2. The van der Waals surface area contributed by atoms with Crippen LogP contribution in [0.2, 0.25) is 0 Å². The molecule has 0 bridgehead atoms. The number of carbonyl (C=O) groups is 1. The molecule has 1 amide bonds. The summed E-state index contributed by atoms with van der Waals surface area (Å²) in [4.78, 5) is 19.1. The van der Waals surface area contributed by atoms with Crippen LogP contribution < -0.4 is 10.6 Å². The maximum atomic E-state index is 12.8. The van der Waals surface area contributed by atoms with Gasteiger partial charge in [-0.05, 0) is 59.2 Å². The van der Waals surface area contributed by atoms with Crippen LogP contribution in [0.3, 0.4) is 0 Å². The van der Waals surface area contributed by atoms with E-state index in [9.17, 15) is 10.1 Å². The number of hydrogen-bond donors (Lipinski definition) is 2. The van der Waals surface area contributed by atoms with Crippen molar-refractivity contribution in [2.45, 2.75) is 6.42 Å². The molecule has 2 heterocycles. The number of benzene rings is 3. The van der Waals surface area contributed by atoms with Crippen LogP contribution in [-0.2, 0) is 6.42 Å². The molecule has 1 aliphatic rings. The molecule has 1 aliphatic heterocycles. The van der Waals surface area contributed by atoms with E-state index in [1.165, 1.54) is 5.56 Å². The van der Waals surface area contributed by atoms with Gasteiger partial charge in [-0.25, -0.2) is 0 Å². The minimum Gasteiger partial charge on any atom is -0.384 e. The fraction of sp³-hybridized carbons (Fsp3) is 0.222. The Bertz CT molecular complexity index is 1370. The van der Waals surface area contributed by atoms with Gasteiger partial charge in [0.2, 0.25) is 0 Å². The summed E-state index contributed by atoms with van der Waals surface area (Å²) in [5.41, 5.74) is 4.46. The molecule has 0 unspecified atom stereocenters. The SMILES string of the molecule is N#Cc1ccc2nccc(NCCc3ccc4cc(C(=O)N5CCNCC5)ccc4c3)c2c1. The van der Waals surface area contributed by atoms with Crippen molar-refractivity contribution >= 4 is 33.3 Å². The normalized spacial score (nSPS) is 13.7. The molecule has 0 radical (unpaired) electrons. The van der Waals surface area contributed by atoms with Gasteiger partial charge < -0.3 is 15.5 Å². The second-order valence-electron chi connectivity index (χ2n) is 8.32. The van der Waals surface area contributed by atoms with Crippen molar-refractivity contribution in [2.75, 3.05) is 38.0 Å². The van der Waals surface area contributed by atoms with Gasteiger partial charge in [0.25, 0.3) is 5.91 Å². The molecule has 6 heteroatoms. The van der Waals surface area contributed by atoms with E-state index in [4.69, 9.17) is 0 Å². The van der Waals surface area contributed by atoms with Gasteiger partial charge in [-0.1, -0.05) is 24.3 Å². The molecule has 1 fully saturated rings. The van der Waals surface area contributed by atoms with Gasteiger partial charge in [0.15, 0.2) is 0 Å². The Morgan fingerprint density at radius 2 is 1.85 bits per heavy atom. The molecule has 0 spiro atoms. The van der Waals surface area contributed by atoms with Crippen LogP contribution >= 0.6 is 0 Å². The predicted molar refractivity (Wildman–Crippen MR) is 131 cm³/mol. The van der Waals surface area contributed by atoms with Crippen molar-refractivity contribution in [2.24, 2.45) is 0 Å². The first kappa shape index (κ1) is 20.9. The molecule has 0 aliphatic carbocycles. The smallest absolute Gasteiger partial charge is 0.253 e. The zero-order chi connectivity index (χ0) is 22.6. The first-order valence-electron chi connectivity index (χ1n) is 11.3. The highest BCUT2D eigenvalue weighted by atomic mass is 16.2. The molecule has 5 rings (SSSR count). The van der Waals surface area contributed by atoms with E-state index < -0.39 is 0 Å². The van der Waals surface area contributed by atoms with Crippen molar-refractivity contribution in [1.82, 2.24) is 15.2 Å². The fourth-order valence-corrected chi connectivity index (χ4v) is 4.35. The van der Waals surface area contributed by atoms with E-state index in [0.717, 1.165) is 72.1 Å². The van der Waals surface area contributed by atoms with Gasteiger partial charge in [0, 0.05) is 55.6 Å². The molecule has 0 saturated carbocycles. The largest absolute Gasteiger partial charge is 0.384 e. The predicted octanol–water partition coefficient (Wildman–Crippen LogP) is 3.96. The monoisotopic (exact) mass is 435 g/mol. The lowest BCUT2D eigenvalue weighted by atomic mass is 10.0. The van der Waals surface area contributed by atoms with Crippen molar-refractivity contribution in [3.8, 4) is 6.07 Å². The summed E-state index contributed by atoms with van der Waals surface area (Å²) in [5, 5.41) is 19.1. The Morgan fingerprint density at radius 3 is 2.70 bits per heavy atom. The molecule has 6 nitrogen and oxygen atoms in total. The number of pyridine rings is 1. The van der Waals surface area contributed by atoms with E-state index in [2.05, 4.69) is 39.9 Å². The number of carbonyl (C=O) groups excluding carboxylic acids is 1. The zero-order valence-electron chi connectivity index (χ0n) is 18.3. The van der Waals surface area contributed by atoms with Gasteiger partial charge in [0.05, 0.1) is 17.1 Å². The highest BCUT2D eigenvalue weighted by Gasteiger charge is 2.18. The van der Waals surface area contributed by atoms with E-state index in [1.807, 2.05) is 41.3 Å². The van der Waals surface area contributed by atoms with E-state index in [0.29, 0.717) is 5.56 Å². The third-order valence-corrected chi connectivity index (χ3v) is 6.16. The number of nitriles is 1. The summed E-state index contributed by atoms with van der Waals surface area (Å²) < 4.78 is 0. The Hall–Kier alpha value is -3.95. The lowest BCUT2D eigenvalue weighted by Crippen LogP contribution is -2.46. The van der Waals surface area contributed by atoms with Crippen LogP contribution in [-0.4, -0.2) is 48.5 Å². The number of aromatic nitrogens is 1. The van der Waals surface area contributed by atoms with Crippen LogP contribution in [0.15, 0.2) is 66.9 Å². The average molecular weight is 436 g/mol. The molecular formula is C27H25N5O. The number of fused-ring (bicyclic) bond motifs is 2. The summed E-state index contributed by atoms with van der Waals surface area (Å²) in [6.07, 6.45) is 2.64. The van der Waals surface area contributed by atoms with Crippen LogP contribution in [0.25, 0.3) is 21.7 Å². The molecular weight excluding hydrogens is 410 g/mol. The summed E-state index contributed by atoms with van der Waals surface area (Å²) in [6.45, 7) is 3.98. The van der Waals surface area contributed by atoms with Crippen molar-refractivity contribution in [3.63, 3.8) is 0 Å².